The lowest BCUT2D eigenvalue weighted by Gasteiger charge is -2.22. The average Bonchev–Trinajstić information content (AvgIpc) is 3.37. The number of benzene rings is 1. The van der Waals surface area contributed by atoms with Crippen molar-refractivity contribution >= 4 is 11.3 Å². The van der Waals surface area contributed by atoms with Gasteiger partial charge in [0, 0.05) is 11.1 Å². The zero-order valence-corrected chi connectivity index (χ0v) is 15.4. The molecule has 3 aromatic heterocycles. The second-order valence-electron chi connectivity index (χ2n) is 7.41. The van der Waals surface area contributed by atoms with Crippen LogP contribution in [-0.4, -0.2) is 35.1 Å². The van der Waals surface area contributed by atoms with Crippen LogP contribution in [0, 0.1) is 5.92 Å². The number of hydrogen-bond acceptors (Lipinski definition) is 5. The molecule has 1 aliphatic carbocycles. The van der Waals surface area contributed by atoms with Gasteiger partial charge in [-0.2, -0.15) is 5.10 Å². The van der Waals surface area contributed by atoms with Gasteiger partial charge in [-0.1, -0.05) is 56.4 Å². The molecule has 8 nitrogen and oxygen atoms in total. The van der Waals surface area contributed by atoms with E-state index in [0.717, 1.165) is 34.8 Å². The van der Waals surface area contributed by atoms with Crippen molar-refractivity contribution in [1.82, 2.24) is 35.1 Å². The number of hydrogen-bond donors (Lipinski definition) is 3. The van der Waals surface area contributed by atoms with Gasteiger partial charge < -0.3 is 0 Å². The summed E-state index contributed by atoms with van der Waals surface area (Å²) in [5, 5.41) is 6.77. The van der Waals surface area contributed by atoms with Crippen molar-refractivity contribution < 1.29 is 0 Å². The molecule has 3 heterocycles. The predicted octanol–water partition coefficient (Wildman–Crippen LogP) is 3.22. The zero-order valence-electron chi connectivity index (χ0n) is 15.4. The van der Waals surface area contributed by atoms with E-state index >= 15 is 0 Å². The molecule has 3 N–H and O–H groups in total. The Labute approximate surface area is 160 Å². The normalized spacial score (nSPS) is 15.3. The number of nitrogens with zero attached hydrogens (tertiary/aromatic N) is 4. The van der Waals surface area contributed by atoms with E-state index in [4.69, 9.17) is 9.97 Å². The van der Waals surface area contributed by atoms with Gasteiger partial charge in [0.05, 0.1) is 11.4 Å². The van der Waals surface area contributed by atoms with Crippen molar-refractivity contribution in [1.29, 1.82) is 0 Å². The molecule has 28 heavy (non-hydrogen) atoms. The standard InChI is InChI=1S/C20H21N7O/c28-20-25-18-19(26-20)24-16(15(23-18)10-12-4-2-1-3-5-12)13-6-8-14(9-7-13)17-21-11-22-27-17/h6-9,11-12H,1-5,10H2,(H,21,22,27)(H2,23,24,25,26,28). The fraction of sp³-hybridized carbons (Fsp3) is 0.350. The van der Waals surface area contributed by atoms with Crippen LogP contribution in [0.2, 0.25) is 0 Å². The molecular weight excluding hydrogens is 354 g/mol. The predicted molar refractivity (Wildman–Crippen MR) is 106 cm³/mol. The van der Waals surface area contributed by atoms with Gasteiger partial charge in [0.2, 0.25) is 0 Å². The fourth-order valence-corrected chi connectivity index (χ4v) is 4.06. The molecular formula is C20H21N7O. The lowest BCUT2D eigenvalue weighted by Crippen LogP contribution is -2.12. The van der Waals surface area contributed by atoms with Crippen molar-refractivity contribution in [3.8, 4) is 22.6 Å². The first-order chi connectivity index (χ1) is 13.8. The summed E-state index contributed by atoms with van der Waals surface area (Å²) in [4.78, 5) is 30.9. The van der Waals surface area contributed by atoms with E-state index in [1.54, 1.807) is 0 Å². The maximum Gasteiger partial charge on any atom is 0.326 e. The Morgan fingerprint density at radius 3 is 2.36 bits per heavy atom. The Bertz CT molecular complexity index is 1140. The molecule has 1 aliphatic rings. The summed E-state index contributed by atoms with van der Waals surface area (Å²) in [6.07, 6.45) is 8.72. The first-order valence-corrected chi connectivity index (χ1v) is 9.71. The molecule has 0 unspecified atom stereocenters. The smallest absolute Gasteiger partial charge is 0.289 e. The van der Waals surface area contributed by atoms with E-state index in [0.29, 0.717) is 17.2 Å². The van der Waals surface area contributed by atoms with Gasteiger partial charge in [0.25, 0.3) is 0 Å². The van der Waals surface area contributed by atoms with Gasteiger partial charge in [-0.25, -0.2) is 19.7 Å². The van der Waals surface area contributed by atoms with Crippen LogP contribution in [0.1, 0.15) is 37.8 Å². The van der Waals surface area contributed by atoms with Crippen LogP contribution < -0.4 is 5.69 Å². The third-order valence-electron chi connectivity index (χ3n) is 5.49. The van der Waals surface area contributed by atoms with Crippen molar-refractivity contribution in [2.75, 3.05) is 0 Å². The molecule has 0 aliphatic heterocycles. The van der Waals surface area contributed by atoms with Crippen LogP contribution >= 0.6 is 0 Å². The van der Waals surface area contributed by atoms with Crippen LogP contribution in [0.15, 0.2) is 35.4 Å². The molecule has 5 rings (SSSR count). The first-order valence-electron chi connectivity index (χ1n) is 9.71. The summed E-state index contributed by atoms with van der Waals surface area (Å²) >= 11 is 0. The van der Waals surface area contributed by atoms with Crippen molar-refractivity contribution in [2.24, 2.45) is 5.92 Å². The summed E-state index contributed by atoms with van der Waals surface area (Å²) in [5.41, 5.74) is 4.45. The van der Waals surface area contributed by atoms with Gasteiger partial charge in [-0.3, -0.25) is 15.1 Å². The Morgan fingerprint density at radius 1 is 0.929 bits per heavy atom. The molecule has 1 fully saturated rings. The molecule has 1 aromatic carbocycles. The van der Waals surface area contributed by atoms with Crippen molar-refractivity contribution in [2.45, 2.75) is 38.5 Å². The minimum atomic E-state index is -0.281. The van der Waals surface area contributed by atoms with Crippen LogP contribution in [-0.2, 0) is 6.42 Å². The lowest BCUT2D eigenvalue weighted by molar-refractivity contribution is 0.354. The molecule has 0 bridgehead atoms. The quantitative estimate of drug-likeness (QED) is 0.506. The van der Waals surface area contributed by atoms with Crippen molar-refractivity contribution in [3.05, 3.63) is 46.8 Å². The SMILES string of the molecule is O=c1[nH]c2nc(CC3CCCCC3)c(-c3ccc(-c4ncn[nH]4)cc3)nc2[nH]1. The number of aromatic amines is 3. The van der Waals surface area contributed by atoms with Crippen LogP contribution in [0.5, 0.6) is 0 Å². The Morgan fingerprint density at radius 2 is 1.64 bits per heavy atom. The van der Waals surface area contributed by atoms with Crippen LogP contribution in [0.3, 0.4) is 0 Å². The monoisotopic (exact) mass is 375 g/mol. The molecule has 0 radical (unpaired) electrons. The number of aromatic nitrogens is 7. The van der Waals surface area contributed by atoms with E-state index < -0.39 is 0 Å². The molecule has 0 atom stereocenters. The molecule has 1 saturated carbocycles. The van der Waals surface area contributed by atoms with Gasteiger partial charge >= 0.3 is 5.69 Å². The van der Waals surface area contributed by atoms with Crippen molar-refractivity contribution in [3.63, 3.8) is 0 Å². The van der Waals surface area contributed by atoms with Gasteiger partial charge in [0.1, 0.15) is 6.33 Å². The zero-order chi connectivity index (χ0) is 18.9. The molecule has 4 aromatic rings. The number of imidazole rings is 1. The first kappa shape index (κ1) is 16.9. The lowest BCUT2D eigenvalue weighted by atomic mass is 9.85. The Kier molecular flexibility index (Phi) is 4.23. The van der Waals surface area contributed by atoms with E-state index in [1.165, 1.54) is 38.4 Å². The second-order valence-corrected chi connectivity index (χ2v) is 7.41. The highest BCUT2D eigenvalue weighted by Gasteiger charge is 2.19. The number of fused-ring (bicyclic) bond motifs is 1. The van der Waals surface area contributed by atoms with Gasteiger partial charge in [-0.15, -0.1) is 0 Å². The highest BCUT2D eigenvalue weighted by Crippen LogP contribution is 2.31. The average molecular weight is 375 g/mol. The van der Waals surface area contributed by atoms with Crippen LogP contribution in [0.25, 0.3) is 33.9 Å². The number of nitrogens with one attached hydrogen (secondary N) is 3. The summed E-state index contributed by atoms with van der Waals surface area (Å²) in [6, 6.07) is 8.02. The van der Waals surface area contributed by atoms with E-state index in [2.05, 4.69) is 25.1 Å². The molecule has 8 heteroatoms. The maximum atomic E-state index is 11.7. The summed E-state index contributed by atoms with van der Waals surface area (Å²) in [7, 11) is 0. The molecule has 0 spiro atoms. The number of rotatable bonds is 4. The maximum absolute atomic E-state index is 11.7. The highest BCUT2D eigenvalue weighted by atomic mass is 16.1. The molecule has 0 saturated heterocycles. The van der Waals surface area contributed by atoms with E-state index in [1.807, 2.05) is 24.3 Å². The van der Waals surface area contributed by atoms with Crippen LogP contribution in [0.4, 0.5) is 0 Å². The summed E-state index contributed by atoms with van der Waals surface area (Å²) in [6.45, 7) is 0. The third kappa shape index (κ3) is 3.21. The van der Waals surface area contributed by atoms with Gasteiger partial charge in [0.15, 0.2) is 17.1 Å². The minimum Gasteiger partial charge on any atom is -0.289 e. The number of H-pyrrole nitrogens is 3. The largest absolute Gasteiger partial charge is 0.326 e. The highest BCUT2D eigenvalue weighted by molar-refractivity contribution is 5.73. The minimum absolute atomic E-state index is 0.281. The Balaban J connectivity index is 1.56. The van der Waals surface area contributed by atoms with E-state index in [-0.39, 0.29) is 5.69 Å². The fourth-order valence-electron chi connectivity index (χ4n) is 4.06. The molecule has 0 amide bonds. The second kappa shape index (κ2) is 7.03. The van der Waals surface area contributed by atoms with E-state index in [9.17, 15) is 4.79 Å². The molecule has 142 valence electrons. The Hall–Kier alpha value is -3.29. The summed E-state index contributed by atoms with van der Waals surface area (Å²) < 4.78 is 0. The third-order valence-corrected chi connectivity index (χ3v) is 5.49. The topological polar surface area (TPSA) is 116 Å². The van der Waals surface area contributed by atoms with Gasteiger partial charge in [-0.05, 0) is 12.3 Å². The summed E-state index contributed by atoms with van der Waals surface area (Å²) in [5.74, 6) is 1.35.